The average molecular weight is 287 g/mol. The second-order valence-corrected chi connectivity index (χ2v) is 4.63. The van der Waals surface area contributed by atoms with E-state index in [0.717, 1.165) is 0 Å². The van der Waals surface area contributed by atoms with Crippen LogP contribution in [0.25, 0.3) is 16.7 Å². The van der Waals surface area contributed by atoms with Crippen molar-refractivity contribution in [3.63, 3.8) is 0 Å². The highest BCUT2D eigenvalue weighted by Gasteiger charge is 2.13. The number of nitrogen functional groups attached to an aromatic ring is 1. The quantitative estimate of drug-likeness (QED) is 0.746. The lowest BCUT2D eigenvalue weighted by atomic mass is 10.2. The molecular weight excluding hydrogens is 279 g/mol. The molecule has 4 nitrogen and oxygen atoms in total. The van der Waals surface area contributed by atoms with Crippen LogP contribution in [0.3, 0.4) is 0 Å². The first-order valence-electron chi connectivity index (χ1n) is 5.73. The van der Waals surface area contributed by atoms with E-state index in [1.165, 1.54) is 12.1 Å². The van der Waals surface area contributed by atoms with E-state index >= 15 is 0 Å². The van der Waals surface area contributed by atoms with Gasteiger partial charge in [-0.05, 0) is 24.3 Å². The van der Waals surface area contributed by atoms with Gasteiger partial charge in [-0.25, -0.2) is 9.37 Å². The normalized spacial score (nSPS) is 10.7. The Bertz CT molecular complexity index is 863. The number of nitrogens with two attached hydrogens (primary N) is 1. The van der Waals surface area contributed by atoms with Crippen molar-refractivity contribution in [3.05, 3.63) is 52.8 Å². The Morgan fingerprint density at radius 1 is 1.30 bits per heavy atom. The van der Waals surface area contributed by atoms with Gasteiger partial charge in [0.15, 0.2) is 0 Å². The molecule has 2 aromatic carbocycles. The second-order valence-electron chi connectivity index (χ2n) is 4.22. The van der Waals surface area contributed by atoms with E-state index in [1.807, 2.05) is 6.07 Å². The van der Waals surface area contributed by atoms with Gasteiger partial charge in [-0.3, -0.25) is 4.57 Å². The van der Waals surface area contributed by atoms with Gasteiger partial charge in [0.1, 0.15) is 5.82 Å². The Morgan fingerprint density at radius 2 is 2.10 bits per heavy atom. The number of nitrogens with zero attached hydrogens (tertiary/aromatic N) is 3. The van der Waals surface area contributed by atoms with Crippen LogP contribution in [-0.2, 0) is 0 Å². The summed E-state index contributed by atoms with van der Waals surface area (Å²) in [6.07, 6.45) is 0. The fraction of sp³-hybridized carbons (Fsp3) is 0. The summed E-state index contributed by atoms with van der Waals surface area (Å²) in [5.41, 5.74) is 8.01. The summed E-state index contributed by atoms with van der Waals surface area (Å²) in [5, 5.41) is 8.93. The molecule has 3 rings (SSSR count). The third-order valence-electron chi connectivity index (χ3n) is 2.96. The first-order chi connectivity index (χ1) is 9.60. The molecule has 6 heteroatoms. The third-order valence-corrected chi connectivity index (χ3v) is 3.25. The zero-order chi connectivity index (χ0) is 14.3. The van der Waals surface area contributed by atoms with Gasteiger partial charge in [0.25, 0.3) is 0 Å². The maximum absolute atomic E-state index is 13.6. The number of fused-ring (bicyclic) bond motifs is 1. The summed E-state index contributed by atoms with van der Waals surface area (Å²) in [6, 6.07) is 11.6. The van der Waals surface area contributed by atoms with Gasteiger partial charge >= 0.3 is 0 Å². The molecule has 0 unspecified atom stereocenters. The van der Waals surface area contributed by atoms with Crippen molar-refractivity contribution in [2.45, 2.75) is 0 Å². The van der Waals surface area contributed by atoms with Crippen LogP contribution >= 0.6 is 11.6 Å². The first kappa shape index (κ1) is 12.5. The minimum atomic E-state index is -0.545. The first-order valence-corrected chi connectivity index (χ1v) is 6.11. The minimum Gasteiger partial charge on any atom is -0.369 e. The minimum absolute atomic E-state index is 0.00655. The third kappa shape index (κ3) is 1.87. The second kappa shape index (κ2) is 4.51. The molecular formula is C14H8ClFN4. The highest BCUT2D eigenvalue weighted by molar-refractivity contribution is 6.31. The Balaban J connectivity index is 2.33. The Kier molecular flexibility index (Phi) is 2.81. The van der Waals surface area contributed by atoms with E-state index in [-0.39, 0.29) is 11.0 Å². The molecule has 0 saturated carbocycles. The van der Waals surface area contributed by atoms with Crippen LogP contribution < -0.4 is 5.73 Å². The van der Waals surface area contributed by atoms with E-state index in [0.29, 0.717) is 22.3 Å². The maximum atomic E-state index is 13.6. The fourth-order valence-corrected chi connectivity index (χ4v) is 2.24. The Hall–Kier alpha value is -2.58. The molecule has 0 bridgehead atoms. The lowest BCUT2D eigenvalue weighted by Crippen LogP contribution is -2.00. The summed E-state index contributed by atoms with van der Waals surface area (Å²) >= 11 is 5.73. The van der Waals surface area contributed by atoms with Gasteiger partial charge in [-0.1, -0.05) is 17.7 Å². The van der Waals surface area contributed by atoms with E-state index in [1.54, 1.807) is 28.8 Å². The molecule has 1 heterocycles. The van der Waals surface area contributed by atoms with Crippen LogP contribution in [0.15, 0.2) is 36.4 Å². The molecule has 0 radical (unpaired) electrons. The molecule has 0 fully saturated rings. The molecule has 0 aliphatic carbocycles. The van der Waals surface area contributed by atoms with Gasteiger partial charge in [0.05, 0.1) is 33.4 Å². The molecule has 0 saturated heterocycles. The number of rotatable bonds is 1. The topological polar surface area (TPSA) is 67.6 Å². The molecule has 98 valence electrons. The van der Waals surface area contributed by atoms with E-state index in [4.69, 9.17) is 22.6 Å². The predicted octanol–water partition coefficient (Wildman–Crippen LogP) is 3.27. The zero-order valence-corrected chi connectivity index (χ0v) is 10.9. The monoisotopic (exact) mass is 286 g/mol. The molecule has 0 atom stereocenters. The van der Waals surface area contributed by atoms with Crippen molar-refractivity contribution >= 4 is 28.6 Å². The van der Waals surface area contributed by atoms with E-state index in [2.05, 4.69) is 4.98 Å². The highest BCUT2D eigenvalue weighted by Crippen LogP contribution is 2.27. The number of aromatic nitrogens is 2. The maximum Gasteiger partial charge on any atom is 0.205 e. The van der Waals surface area contributed by atoms with Crippen molar-refractivity contribution in [1.82, 2.24) is 9.55 Å². The smallest absolute Gasteiger partial charge is 0.205 e. The standard InChI is InChI=1S/C14H8ClFN4/c15-10-5-12-13(6-11(10)16)20(14(18)19-12)9-3-1-2-8(4-9)7-17/h1-6H,(H2,18,19). The largest absolute Gasteiger partial charge is 0.369 e. The van der Waals surface area contributed by atoms with E-state index in [9.17, 15) is 4.39 Å². The van der Waals surface area contributed by atoms with Crippen LogP contribution in [0.1, 0.15) is 5.56 Å². The number of hydrogen-bond donors (Lipinski definition) is 1. The van der Waals surface area contributed by atoms with E-state index < -0.39 is 5.82 Å². The van der Waals surface area contributed by atoms with Crippen LogP contribution in [0, 0.1) is 17.1 Å². The summed E-state index contributed by atoms with van der Waals surface area (Å²) in [7, 11) is 0. The molecule has 0 aliphatic rings. The van der Waals surface area contributed by atoms with Gasteiger partial charge in [0, 0.05) is 6.07 Å². The molecule has 0 spiro atoms. The summed E-state index contributed by atoms with van der Waals surface area (Å²) < 4.78 is 15.2. The van der Waals surface area contributed by atoms with Gasteiger partial charge < -0.3 is 5.73 Å². The Labute approximate surface area is 118 Å². The summed E-state index contributed by atoms with van der Waals surface area (Å²) in [4.78, 5) is 4.15. The number of nitriles is 1. The van der Waals surface area contributed by atoms with Crippen molar-refractivity contribution in [1.29, 1.82) is 5.26 Å². The number of anilines is 1. The lowest BCUT2D eigenvalue weighted by molar-refractivity contribution is 0.629. The molecule has 1 aromatic heterocycles. The number of benzene rings is 2. The van der Waals surface area contributed by atoms with Crippen LogP contribution in [0.4, 0.5) is 10.3 Å². The van der Waals surface area contributed by atoms with Crippen molar-refractivity contribution < 1.29 is 4.39 Å². The van der Waals surface area contributed by atoms with Crippen molar-refractivity contribution in [2.75, 3.05) is 5.73 Å². The van der Waals surface area contributed by atoms with Crippen LogP contribution in [-0.4, -0.2) is 9.55 Å². The molecule has 0 aliphatic heterocycles. The molecule has 2 N–H and O–H groups in total. The summed E-state index contributed by atoms with van der Waals surface area (Å²) in [6.45, 7) is 0. The predicted molar refractivity (Wildman–Crippen MR) is 75.2 cm³/mol. The average Bonchev–Trinajstić information content (AvgIpc) is 2.74. The van der Waals surface area contributed by atoms with Crippen LogP contribution in [0.5, 0.6) is 0 Å². The SMILES string of the molecule is N#Cc1cccc(-n2c(N)nc3cc(Cl)c(F)cc32)c1. The number of imidazole rings is 1. The van der Waals surface area contributed by atoms with Crippen LogP contribution in [0.2, 0.25) is 5.02 Å². The lowest BCUT2D eigenvalue weighted by Gasteiger charge is -2.07. The van der Waals surface area contributed by atoms with Gasteiger partial charge in [0.2, 0.25) is 5.95 Å². The number of halogens is 2. The number of hydrogen-bond acceptors (Lipinski definition) is 3. The van der Waals surface area contributed by atoms with Crippen molar-refractivity contribution in [3.8, 4) is 11.8 Å². The molecule has 20 heavy (non-hydrogen) atoms. The van der Waals surface area contributed by atoms with Gasteiger partial charge in [-0.2, -0.15) is 5.26 Å². The highest BCUT2D eigenvalue weighted by atomic mass is 35.5. The Morgan fingerprint density at radius 3 is 2.85 bits per heavy atom. The molecule has 3 aromatic rings. The summed E-state index contributed by atoms with van der Waals surface area (Å²) in [5.74, 6) is -0.339. The van der Waals surface area contributed by atoms with Crippen molar-refractivity contribution in [2.24, 2.45) is 0 Å². The zero-order valence-electron chi connectivity index (χ0n) is 10.1. The van der Waals surface area contributed by atoms with Gasteiger partial charge in [-0.15, -0.1) is 0 Å². The molecule has 0 amide bonds. The fourth-order valence-electron chi connectivity index (χ4n) is 2.08.